The second-order valence-electron chi connectivity index (χ2n) is 6.61. The molecule has 0 radical (unpaired) electrons. The molecular formula is C19H33IN4O2. The van der Waals surface area contributed by atoms with Crippen molar-refractivity contribution in [3.8, 4) is 5.88 Å². The number of aliphatic imine (C=N–C) groups is 1. The van der Waals surface area contributed by atoms with E-state index in [1.165, 1.54) is 25.7 Å². The van der Waals surface area contributed by atoms with Crippen molar-refractivity contribution in [2.24, 2.45) is 10.4 Å². The lowest BCUT2D eigenvalue weighted by atomic mass is 9.83. The summed E-state index contributed by atoms with van der Waals surface area (Å²) in [6, 6.07) is 3.92. The van der Waals surface area contributed by atoms with Crippen molar-refractivity contribution in [3.63, 3.8) is 0 Å². The third kappa shape index (κ3) is 6.90. The zero-order chi connectivity index (χ0) is 18.0. The molecular weight excluding hydrogens is 443 g/mol. The summed E-state index contributed by atoms with van der Waals surface area (Å²) < 4.78 is 10.9. The molecule has 148 valence electrons. The second-order valence-corrected chi connectivity index (χ2v) is 6.61. The summed E-state index contributed by atoms with van der Waals surface area (Å²) in [4.78, 5) is 8.58. The van der Waals surface area contributed by atoms with E-state index < -0.39 is 0 Å². The van der Waals surface area contributed by atoms with Crippen LogP contribution in [0.1, 0.15) is 44.6 Å². The lowest BCUT2D eigenvalue weighted by Crippen LogP contribution is -2.43. The van der Waals surface area contributed by atoms with Crippen LogP contribution in [0.3, 0.4) is 0 Å². The average Bonchev–Trinajstić information content (AvgIpc) is 3.11. The van der Waals surface area contributed by atoms with Gasteiger partial charge in [-0.25, -0.2) is 4.98 Å². The third-order valence-electron chi connectivity index (χ3n) is 4.99. The number of halogens is 1. The molecule has 0 aliphatic heterocycles. The van der Waals surface area contributed by atoms with Gasteiger partial charge in [-0.1, -0.05) is 18.9 Å². The maximum atomic E-state index is 5.59. The Kier molecular flexibility index (Phi) is 10.9. The number of pyridine rings is 1. The minimum Gasteiger partial charge on any atom is -0.481 e. The zero-order valence-corrected chi connectivity index (χ0v) is 18.5. The predicted molar refractivity (Wildman–Crippen MR) is 116 cm³/mol. The molecule has 6 nitrogen and oxygen atoms in total. The van der Waals surface area contributed by atoms with E-state index in [0.717, 1.165) is 37.7 Å². The average molecular weight is 476 g/mol. The van der Waals surface area contributed by atoms with Crippen LogP contribution >= 0.6 is 24.0 Å². The zero-order valence-electron chi connectivity index (χ0n) is 16.2. The molecule has 2 N–H and O–H groups in total. The molecule has 2 rings (SSSR count). The highest BCUT2D eigenvalue weighted by Crippen LogP contribution is 2.40. The van der Waals surface area contributed by atoms with E-state index in [4.69, 9.17) is 9.47 Å². The van der Waals surface area contributed by atoms with Crippen molar-refractivity contribution in [1.29, 1.82) is 0 Å². The Labute approximate surface area is 174 Å². The molecule has 0 unspecified atom stereocenters. The summed E-state index contributed by atoms with van der Waals surface area (Å²) in [6.45, 7) is 5.25. The fraction of sp³-hybridized carbons (Fsp3) is 0.684. The Morgan fingerprint density at radius 3 is 2.73 bits per heavy atom. The van der Waals surface area contributed by atoms with Crippen LogP contribution < -0.4 is 15.4 Å². The maximum absolute atomic E-state index is 5.59. The molecule has 1 aromatic heterocycles. The van der Waals surface area contributed by atoms with Crippen LogP contribution in [-0.2, 0) is 11.3 Å². The first kappa shape index (κ1) is 23.0. The Morgan fingerprint density at radius 1 is 1.31 bits per heavy atom. The fourth-order valence-corrected chi connectivity index (χ4v) is 3.49. The third-order valence-corrected chi connectivity index (χ3v) is 4.99. The van der Waals surface area contributed by atoms with Gasteiger partial charge < -0.3 is 20.1 Å². The first-order valence-electron chi connectivity index (χ1n) is 9.23. The number of ether oxygens (including phenoxy) is 2. The lowest BCUT2D eigenvalue weighted by molar-refractivity contribution is 0.105. The Hall–Kier alpha value is -1.09. The molecule has 1 saturated carbocycles. The minimum atomic E-state index is 0. The molecule has 0 spiro atoms. The van der Waals surface area contributed by atoms with Gasteiger partial charge in [-0.3, -0.25) is 4.99 Å². The van der Waals surface area contributed by atoms with Gasteiger partial charge in [0.05, 0.1) is 7.11 Å². The number of rotatable bonds is 9. The molecule has 26 heavy (non-hydrogen) atoms. The fourth-order valence-electron chi connectivity index (χ4n) is 3.49. The molecule has 7 heteroatoms. The van der Waals surface area contributed by atoms with E-state index in [2.05, 4.69) is 27.5 Å². The molecule has 0 amide bonds. The standard InChI is InChI=1S/C19H32N4O2.HI/c1-4-25-13-11-19(9-5-6-10-19)15-23-18(20-2)22-14-16-8-7-12-21-17(16)24-3;/h7-8,12H,4-6,9-11,13-15H2,1-3H3,(H2,20,22,23);1H. The highest BCUT2D eigenvalue weighted by molar-refractivity contribution is 14.0. The molecule has 1 aromatic rings. The first-order valence-corrected chi connectivity index (χ1v) is 9.23. The minimum absolute atomic E-state index is 0. The van der Waals surface area contributed by atoms with E-state index in [-0.39, 0.29) is 24.0 Å². The van der Waals surface area contributed by atoms with Crippen molar-refractivity contribution in [3.05, 3.63) is 23.9 Å². The lowest BCUT2D eigenvalue weighted by Gasteiger charge is -2.30. The maximum Gasteiger partial charge on any atom is 0.218 e. The number of hydrogen-bond acceptors (Lipinski definition) is 4. The van der Waals surface area contributed by atoms with Gasteiger partial charge in [0, 0.05) is 45.1 Å². The quantitative estimate of drug-likeness (QED) is 0.248. The Bertz CT molecular complexity index is 548. The first-order chi connectivity index (χ1) is 12.2. The van der Waals surface area contributed by atoms with Crippen LogP contribution in [-0.4, -0.2) is 44.9 Å². The highest BCUT2D eigenvalue weighted by atomic mass is 127. The summed E-state index contributed by atoms with van der Waals surface area (Å²) in [5.41, 5.74) is 1.35. The Morgan fingerprint density at radius 2 is 2.08 bits per heavy atom. The monoisotopic (exact) mass is 476 g/mol. The summed E-state index contributed by atoms with van der Waals surface area (Å²) in [6.07, 6.45) is 8.00. The van der Waals surface area contributed by atoms with Crippen molar-refractivity contribution >= 4 is 29.9 Å². The van der Waals surface area contributed by atoms with Crippen molar-refractivity contribution in [2.45, 2.75) is 45.6 Å². The topological polar surface area (TPSA) is 67.8 Å². The van der Waals surface area contributed by atoms with Gasteiger partial charge >= 0.3 is 0 Å². The second kappa shape index (κ2) is 12.3. The van der Waals surface area contributed by atoms with Crippen LogP contribution in [0.15, 0.2) is 23.3 Å². The molecule has 1 fully saturated rings. The number of guanidine groups is 1. The molecule has 0 bridgehead atoms. The molecule has 1 heterocycles. The van der Waals surface area contributed by atoms with Gasteiger partial charge in [-0.2, -0.15) is 0 Å². The van der Waals surface area contributed by atoms with Gasteiger partial charge in [-0.15, -0.1) is 24.0 Å². The van der Waals surface area contributed by atoms with E-state index >= 15 is 0 Å². The van der Waals surface area contributed by atoms with E-state index in [9.17, 15) is 0 Å². The van der Waals surface area contributed by atoms with Crippen LogP contribution in [0.2, 0.25) is 0 Å². The summed E-state index contributed by atoms with van der Waals surface area (Å²) in [7, 11) is 3.44. The van der Waals surface area contributed by atoms with Gasteiger partial charge in [0.1, 0.15) is 0 Å². The smallest absolute Gasteiger partial charge is 0.218 e. The molecule has 1 aliphatic carbocycles. The van der Waals surface area contributed by atoms with Gasteiger partial charge in [-0.05, 0) is 37.7 Å². The van der Waals surface area contributed by atoms with Crippen LogP contribution in [0, 0.1) is 5.41 Å². The molecule has 0 atom stereocenters. The number of nitrogens with one attached hydrogen (secondary N) is 2. The highest BCUT2D eigenvalue weighted by Gasteiger charge is 2.33. The van der Waals surface area contributed by atoms with Crippen LogP contribution in [0.25, 0.3) is 0 Å². The van der Waals surface area contributed by atoms with Crippen molar-refractivity contribution < 1.29 is 9.47 Å². The van der Waals surface area contributed by atoms with E-state index in [0.29, 0.717) is 17.8 Å². The van der Waals surface area contributed by atoms with E-state index in [1.807, 2.05) is 12.1 Å². The van der Waals surface area contributed by atoms with Crippen molar-refractivity contribution in [1.82, 2.24) is 15.6 Å². The molecule has 0 saturated heterocycles. The van der Waals surface area contributed by atoms with Crippen LogP contribution in [0.5, 0.6) is 5.88 Å². The summed E-state index contributed by atoms with van der Waals surface area (Å²) in [5.74, 6) is 1.46. The van der Waals surface area contributed by atoms with Crippen LogP contribution in [0.4, 0.5) is 0 Å². The summed E-state index contributed by atoms with van der Waals surface area (Å²) >= 11 is 0. The normalized spacial score (nSPS) is 16.0. The van der Waals surface area contributed by atoms with Crippen molar-refractivity contribution in [2.75, 3.05) is 33.9 Å². The summed E-state index contributed by atoms with van der Waals surface area (Å²) in [5, 5.41) is 6.87. The SMILES string of the molecule is CCOCCC1(CNC(=NC)NCc2cccnc2OC)CCCC1.I. The van der Waals surface area contributed by atoms with Gasteiger partial charge in [0.15, 0.2) is 5.96 Å². The number of methoxy groups -OCH3 is 1. The molecule has 1 aliphatic rings. The van der Waals surface area contributed by atoms with Gasteiger partial charge in [0.25, 0.3) is 0 Å². The predicted octanol–water partition coefficient (Wildman–Crippen LogP) is 3.36. The number of hydrogen-bond donors (Lipinski definition) is 2. The largest absolute Gasteiger partial charge is 0.481 e. The van der Waals surface area contributed by atoms with E-state index in [1.54, 1.807) is 20.4 Å². The number of aromatic nitrogens is 1. The Balaban J connectivity index is 0.00000338. The number of nitrogens with zero attached hydrogens (tertiary/aromatic N) is 2. The molecule has 0 aromatic carbocycles. The van der Waals surface area contributed by atoms with Gasteiger partial charge in [0.2, 0.25) is 5.88 Å².